The summed E-state index contributed by atoms with van der Waals surface area (Å²) in [5.74, 6) is 1.26. The van der Waals surface area contributed by atoms with Crippen molar-refractivity contribution in [3.8, 4) is 0 Å². The van der Waals surface area contributed by atoms with Gasteiger partial charge in [0, 0.05) is 18.8 Å². The molecule has 0 aliphatic rings. The van der Waals surface area contributed by atoms with Gasteiger partial charge < -0.3 is 0 Å². The van der Waals surface area contributed by atoms with Crippen molar-refractivity contribution in [1.29, 1.82) is 0 Å². The molecule has 0 amide bonds. The number of carbonyl (C=O) groups excluding carboxylic acids is 2. The molecule has 2 unspecified atom stereocenters. The third-order valence-corrected chi connectivity index (χ3v) is 4.93. The van der Waals surface area contributed by atoms with Crippen molar-refractivity contribution in [2.24, 2.45) is 11.8 Å². The first-order valence-corrected chi connectivity index (χ1v) is 10.3. The fourth-order valence-corrected chi connectivity index (χ4v) is 2.82. The SMILES string of the molecule is CCC(=O)CCC(C)=CCCC(C)=CCCC=CC(C)CC(C)C(C)=O. The second kappa shape index (κ2) is 14.7. The molecule has 0 aromatic heterocycles. The molecule has 0 radical (unpaired) electrons. The van der Waals surface area contributed by atoms with Crippen molar-refractivity contribution in [2.45, 2.75) is 92.9 Å². The molecule has 0 heterocycles. The number of allylic oxidation sites excluding steroid dienone is 6. The van der Waals surface area contributed by atoms with Crippen LogP contribution in [0, 0.1) is 11.8 Å². The van der Waals surface area contributed by atoms with Gasteiger partial charge in [-0.1, -0.05) is 56.2 Å². The predicted molar refractivity (Wildman–Crippen MR) is 113 cm³/mol. The third-order valence-electron chi connectivity index (χ3n) is 4.93. The molecule has 148 valence electrons. The summed E-state index contributed by atoms with van der Waals surface area (Å²) in [5.41, 5.74) is 2.77. The van der Waals surface area contributed by atoms with Gasteiger partial charge in [0.2, 0.25) is 0 Å². The summed E-state index contributed by atoms with van der Waals surface area (Å²) in [6, 6.07) is 0. The van der Waals surface area contributed by atoms with Crippen LogP contribution in [-0.4, -0.2) is 11.6 Å². The second-order valence-electron chi connectivity index (χ2n) is 7.76. The molecule has 0 saturated heterocycles. The van der Waals surface area contributed by atoms with Gasteiger partial charge in [0.1, 0.15) is 11.6 Å². The van der Waals surface area contributed by atoms with Crippen LogP contribution in [-0.2, 0) is 9.59 Å². The Hall–Kier alpha value is -1.44. The monoisotopic (exact) mass is 360 g/mol. The first-order valence-electron chi connectivity index (χ1n) is 10.3. The molecular formula is C24H40O2. The maximum Gasteiger partial charge on any atom is 0.132 e. The van der Waals surface area contributed by atoms with E-state index >= 15 is 0 Å². The van der Waals surface area contributed by atoms with E-state index in [1.54, 1.807) is 6.92 Å². The first kappa shape index (κ1) is 24.6. The standard InChI is InChI=1S/C24H40O2/c1-7-24(26)17-16-20(3)15-11-14-19(2)12-9-8-10-13-21(4)18-22(5)23(6)25/h10,12-13,15,21-22H,7-9,11,14,16-18H2,1-6H3. The number of hydrogen-bond donors (Lipinski definition) is 0. The maximum absolute atomic E-state index is 11.3. The van der Waals surface area contributed by atoms with Gasteiger partial charge in [0.05, 0.1) is 0 Å². The number of rotatable bonds is 14. The van der Waals surface area contributed by atoms with E-state index in [4.69, 9.17) is 0 Å². The highest BCUT2D eigenvalue weighted by molar-refractivity contribution is 5.78. The molecule has 2 nitrogen and oxygen atoms in total. The molecule has 26 heavy (non-hydrogen) atoms. The Kier molecular flexibility index (Phi) is 13.9. The largest absolute Gasteiger partial charge is 0.300 e. The van der Waals surface area contributed by atoms with E-state index in [-0.39, 0.29) is 11.7 Å². The Morgan fingerprint density at radius 1 is 0.846 bits per heavy atom. The number of ketones is 2. The lowest BCUT2D eigenvalue weighted by atomic mass is 9.94. The zero-order valence-electron chi connectivity index (χ0n) is 17.9. The summed E-state index contributed by atoms with van der Waals surface area (Å²) in [7, 11) is 0. The van der Waals surface area contributed by atoms with Gasteiger partial charge in [-0.2, -0.15) is 0 Å². The first-order chi connectivity index (χ1) is 12.3. The average Bonchev–Trinajstić information content (AvgIpc) is 2.59. The smallest absolute Gasteiger partial charge is 0.132 e. The molecule has 0 bridgehead atoms. The van der Waals surface area contributed by atoms with Crippen molar-refractivity contribution in [2.75, 3.05) is 0 Å². The number of unbranched alkanes of at least 4 members (excludes halogenated alkanes) is 1. The van der Waals surface area contributed by atoms with E-state index < -0.39 is 0 Å². The molecule has 0 aliphatic heterocycles. The topological polar surface area (TPSA) is 34.1 Å². The van der Waals surface area contributed by atoms with Crippen LogP contribution in [0.3, 0.4) is 0 Å². The highest BCUT2D eigenvalue weighted by atomic mass is 16.1. The van der Waals surface area contributed by atoms with Crippen LogP contribution in [0.1, 0.15) is 92.9 Å². The van der Waals surface area contributed by atoms with Crippen LogP contribution in [0.4, 0.5) is 0 Å². The number of Topliss-reactive ketones (excluding diaryl/α,β-unsaturated/α-hetero) is 2. The van der Waals surface area contributed by atoms with Crippen LogP contribution < -0.4 is 0 Å². The molecule has 0 rings (SSSR count). The van der Waals surface area contributed by atoms with Gasteiger partial charge in [0.25, 0.3) is 0 Å². The summed E-state index contributed by atoms with van der Waals surface area (Å²) >= 11 is 0. The molecule has 0 aromatic carbocycles. The van der Waals surface area contributed by atoms with Crippen LogP contribution >= 0.6 is 0 Å². The Bertz CT molecular complexity index is 508. The Morgan fingerprint density at radius 3 is 2.08 bits per heavy atom. The summed E-state index contributed by atoms with van der Waals surface area (Å²) in [6.45, 7) is 12.1. The lowest BCUT2D eigenvalue weighted by Crippen LogP contribution is -2.09. The van der Waals surface area contributed by atoms with Crippen molar-refractivity contribution in [3.63, 3.8) is 0 Å². The van der Waals surface area contributed by atoms with Gasteiger partial charge >= 0.3 is 0 Å². The lowest BCUT2D eigenvalue weighted by molar-refractivity contribution is -0.120. The Morgan fingerprint density at radius 2 is 1.46 bits per heavy atom. The van der Waals surface area contributed by atoms with Crippen LogP contribution in [0.5, 0.6) is 0 Å². The van der Waals surface area contributed by atoms with E-state index in [0.717, 1.165) is 38.5 Å². The van der Waals surface area contributed by atoms with Crippen LogP contribution in [0.2, 0.25) is 0 Å². The van der Waals surface area contributed by atoms with E-state index in [1.165, 1.54) is 11.1 Å². The van der Waals surface area contributed by atoms with Crippen LogP contribution in [0.15, 0.2) is 35.5 Å². The normalized spacial score (nSPS) is 15.3. The van der Waals surface area contributed by atoms with Gasteiger partial charge in [-0.3, -0.25) is 9.59 Å². The lowest BCUT2D eigenvalue weighted by Gasteiger charge is -2.10. The van der Waals surface area contributed by atoms with Gasteiger partial charge in [-0.05, 0) is 65.2 Å². The predicted octanol–water partition coefficient (Wildman–Crippen LogP) is 7.01. The van der Waals surface area contributed by atoms with Gasteiger partial charge in [0.15, 0.2) is 0 Å². The fourth-order valence-electron chi connectivity index (χ4n) is 2.82. The minimum Gasteiger partial charge on any atom is -0.300 e. The zero-order valence-corrected chi connectivity index (χ0v) is 17.9. The molecule has 2 atom stereocenters. The summed E-state index contributed by atoms with van der Waals surface area (Å²) in [5, 5.41) is 0. The fraction of sp³-hybridized carbons (Fsp3) is 0.667. The molecule has 0 spiro atoms. The van der Waals surface area contributed by atoms with E-state index in [9.17, 15) is 9.59 Å². The maximum atomic E-state index is 11.3. The molecule has 0 saturated carbocycles. The minimum atomic E-state index is 0.161. The molecule has 0 fully saturated rings. The van der Waals surface area contributed by atoms with Crippen molar-refractivity contribution < 1.29 is 9.59 Å². The molecule has 0 aliphatic carbocycles. The van der Waals surface area contributed by atoms with Crippen LogP contribution in [0.25, 0.3) is 0 Å². The molecule has 2 heteroatoms. The van der Waals surface area contributed by atoms with E-state index in [2.05, 4.69) is 45.1 Å². The minimum absolute atomic E-state index is 0.161. The average molecular weight is 361 g/mol. The van der Waals surface area contributed by atoms with E-state index in [0.29, 0.717) is 24.5 Å². The van der Waals surface area contributed by atoms with Crippen molar-refractivity contribution in [1.82, 2.24) is 0 Å². The zero-order chi connectivity index (χ0) is 19.9. The summed E-state index contributed by atoms with van der Waals surface area (Å²) in [4.78, 5) is 22.6. The third kappa shape index (κ3) is 13.8. The molecular weight excluding hydrogens is 320 g/mol. The molecule has 0 aromatic rings. The summed E-state index contributed by atoms with van der Waals surface area (Å²) < 4.78 is 0. The second-order valence-corrected chi connectivity index (χ2v) is 7.76. The Balaban J connectivity index is 3.99. The van der Waals surface area contributed by atoms with Crippen molar-refractivity contribution in [3.05, 3.63) is 35.5 Å². The number of hydrogen-bond acceptors (Lipinski definition) is 2. The Labute approximate surface area is 161 Å². The van der Waals surface area contributed by atoms with Gasteiger partial charge in [-0.15, -0.1) is 0 Å². The van der Waals surface area contributed by atoms with E-state index in [1.807, 2.05) is 13.8 Å². The molecule has 0 N–H and O–H groups in total. The van der Waals surface area contributed by atoms with Gasteiger partial charge in [-0.25, -0.2) is 0 Å². The summed E-state index contributed by atoms with van der Waals surface area (Å²) in [6.07, 6.45) is 16.6. The highest BCUT2D eigenvalue weighted by Crippen LogP contribution is 2.15. The van der Waals surface area contributed by atoms with Crippen molar-refractivity contribution >= 4 is 11.6 Å². The number of carbonyl (C=O) groups is 2. The quantitative estimate of drug-likeness (QED) is 0.247. The highest BCUT2D eigenvalue weighted by Gasteiger charge is 2.10.